The molecule has 0 fully saturated rings. The largest absolute Gasteiger partial charge is 0.489 e. The molecular weight excluding hydrogens is 372 g/mol. The lowest BCUT2D eigenvalue weighted by Crippen LogP contribution is -2.58. The van der Waals surface area contributed by atoms with Crippen molar-refractivity contribution in [3.63, 3.8) is 0 Å². The monoisotopic (exact) mass is 400 g/mol. The molecule has 3 aromatic rings. The van der Waals surface area contributed by atoms with E-state index in [2.05, 4.69) is 38.2 Å². The Morgan fingerprint density at radius 2 is 1.63 bits per heavy atom. The van der Waals surface area contributed by atoms with Gasteiger partial charge in [0.2, 0.25) is 0 Å². The lowest BCUT2D eigenvalue weighted by molar-refractivity contribution is 0.0399. The number of rotatable bonds is 6. The van der Waals surface area contributed by atoms with Crippen LogP contribution < -0.4 is 10.1 Å². The Kier molecular flexibility index (Phi) is 5.49. The number of fused-ring (bicyclic) bond motifs is 1. The number of ether oxygens (including phenoxy) is 1. The summed E-state index contributed by atoms with van der Waals surface area (Å²) in [6.45, 7) is 6.82. The Balaban J connectivity index is 1.62. The molecule has 0 saturated heterocycles. The molecule has 1 N–H and O–H groups in total. The number of amides is 1. The van der Waals surface area contributed by atoms with Gasteiger partial charge in [-0.2, -0.15) is 0 Å². The molecule has 0 bridgehead atoms. The predicted molar refractivity (Wildman–Crippen MR) is 121 cm³/mol. The van der Waals surface area contributed by atoms with Gasteiger partial charge in [0.15, 0.2) is 0 Å². The van der Waals surface area contributed by atoms with E-state index < -0.39 is 5.66 Å². The Bertz CT molecular complexity index is 1020. The quantitative estimate of drug-likeness (QED) is 0.568. The summed E-state index contributed by atoms with van der Waals surface area (Å²) < 4.78 is 5.94. The van der Waals surface area contributed by atoms with Crippen LogP contribution in [0.1, 0.15) is 48.7 Å². The van der Waals surface area contributed by atoms with E-state index in [0.29, 0.717) is 6.61 Å². The second-order valence-corrected chi connectivity index (χ2v) is 7.97. The van der Waals surface area contributed by atoms with Gasteiger partial charge < -0.3 is 15.0 Å². The predicted octanol–water partition coefficient (Wildman–Crippen LogP) is 5.80. The van der Waals surface area contributed by atoms with Crippen LogP contribution in [-0.4, -0.2) is 16.8 Å². The van der Waals surface area contributed by atoms with E-state index in [0.717, 1.165) is 34.5 Å². The topological polar surface area (TPSA) is 41.6 Å². The minimum atomic E-state index is -0.640. The van der Waals surface area contributed by atoms with Gasteiger partial charge in [0.05, 0.1) is 5.56 Å². The van der Waals surface area contributed by atoms with Gasteiger partial charge >= 0.3 is 0 Å². The number of anilines is 1. The van der Waals surface area contributed by atoms with Gasteiger partial charge in [0.1, 0.15) is 18.0 Å². The third-order valence-corrected chi connectivity index (χ3v) is 5.93. The van der Waals surface area contributed by atoms with Crippen LogP contribution in [0, 0.1) is 0 Å². The molecule has 4 nitrogen and oxygen atoms in total. The minimum Gasteiger partial charge on any atom is -0.489 e. The molecule has 1 aliphatic rings. The van der Waals surface area contributed by atoms with Crippen molar-refractivity contribution in [2.75, 3.05) is 5.32 Å². The van der Waals surface area contributed by atoms with Crippen molar-refractivity contribution in [1.29, 1.82) is 0 Å². The third kappa shape index (κ3) is 3.65. The van der Waals surface area contributed by atoms with E-state index in [-0.39, 0.29) is 11.9 Å². The highest BCUT2D eigenvalue weighted by molar-refractivity contribution is 6.02. The van der Waals surface area contributed by atoms with Gasteiger partial charge in [0.25, 0.3) is 5.91 Å². The molecule has 0 radical (unpaired) electrons. The summed E-state index contributed by atoms with van der Waals surface area (Å²) in [5, 5.41) is 3.63. The average molecular weight is 401 g/mol. The van der Waals surface area contributed by atoms with Gasteiger partial charge in [0, 0.05) is 11.7 Å². The second-order valence-electron chi connectivity index (χ2n) is 7.97. The number of carbonyl (C=O) groups excluding carboxylic acids is 1. The number of hydrogen-bond donors (Lipinski definition) is 1. The van der Waals surface area contributed by atoms with Gasteiger partial charge in [-0.15, -0.1) is 0 Å². The van der Waals surface area contributed by atoms with Crippen LogP contribution in [0.3, 0.4) is 0 Å². The maximum absolute atomic E-state index is 13.4. The zero-order chi connectivity index (χ0) is 21.1. The summed E-state index contributed by atoms with van der Waals surface area (Å²) in [4.78, 5) is 15.4. The highest BCUT2D eigenvalue weighted by Crippen LogP contribution is 2.39. The van der Waals surface area contributed by atoms with Crippen molar-refractivity contribution in [3.05, 3.63) is 95.6 Å². The first-order valence-corrected chi connectivity index (χ1v) is 10.5. The molecule has 0 saturated carbocycles. The fraction of sp³-hybridized carbons (Fsp3) is 0.269. The summed E-state index contributed by atoms with van der Waals surface area (Å²) in [7, 11) is 0. The molecule has 2 atom stereocenters. The molecule has 0 aromatic heterocycles. The summed E-state index contributed by atoms with van der Waals surface area (Å²) in [5.74, 6) is 0.870. The number of nitrogens with one attached hydrogen (secondary N) is 1. The van der Waals surface area contributed by atoms with Crippen LogP contribution in [0.15, 0.2) is 78.9 Å². The van der Waals surface area contributed by atoms with Crippen LogP contribution in [-0.2, 0) is 12.3 Å². The fourth-order valence-electron chi connectivity index (χ4n) is 4.09. The molecule has 0 spiro atoms. The Morgan fingerprint density at radius 1 is 0.967 bits per heavy atom. The van der Waals surface area contributed by atoms with E-state index in [9.17, 15) is 4.79 Å². The average Bonchev–Trinajstić information content (AvgIpc) is 2.78. The first-order valence-electron chi connectivity index (χ1n) is 10.5. The van der Waals surface area contributed by atoms with Crippen LogP contribution >= 0.6 is 0 Å². The smallest absolute Gasteiger partial charge is 0.258 e. The molecule has 1 amide bonds. The van der Waals surface area contributed by atoms with Gasteiger partial charge in [-0.3, -0.25) is 4.79 Å². The van der Waals surface area contributed by atoms with E-state index >= 15 is 0 Å². The number of carbonyl (C=O) groups is 1. The van der Waals surface area contributed by atoms with Crippen molar-refractivity contribution in [2.24, 2.45) is 0 Å². The van der Waals surface area contributed by atoms with Crippen LogP contribution in [0.25, 0.3) is 0 Å². The van der Waals surface area contributed by atoms with Crippen molar-refractivity contribution >= 4 is 11.6 Å². The van der Waals surface area contributed by atoms with Crippen molar-refractivity contribution in [1.82, 2.24) is 4.90 Å². The summed E-state index contributed by atoms with van der Waals surface area (Å²) in [6, 6.07) is 26.0. The molecule has 4 heteroatoms. The Labute approximate surface area is 178 Å². The third-order valence-electron chi connectivity index (χ3n) is 5.93. The number of benzene rings is 3. The maximum atomic E-state index is 13.4. The molecule has 154 valence electrons. The highest BCUT2D eigenvalue weighted by Gasteiger charge is 2.44. The minimum absolute atomic E-state index is 0.0607. The maximum Gasteiger partial charge on any atom is 0.258 e. The summed E-state index contributed by atoms with van der Waals surface area (Å²) in [5.41, 5.74) is 3.11. The van der Waals surface area contributed by atoms with Gasteiger partial charge in [-0.05, 0) is 55.7 Å². The van der Waals surface area contributed by atoms with E-state index in [4.69, 9.17) is 4.74 Å². The zero-order valence-corrected chi connectivity index (χ0v) is 17.8. The molecule has 0 aliphatic carbocycles. The number of nitrogens with zero attached hydrogens (tertiary/aromatic N) is 1. The first-order chi connectivity index (χ1) is 14.5. The molecule has 1 aliphatic heterocycles. The lowest BCUT2D eigenvalue weighted by Gasteiger charge is -2.49. The molecule has 3 aromatic carbocycles. The molecule has 2 unspecified atom stereocenters. The fourth-order valence-corrected chi connectivity index (χ4v) is 4.09. The summed E-state index contributed by atoms with van der Waals surface area (Å²) >= 11 is 0. The lowest BCUT2D eigenvalue weighted by atomic mass is 9.91. The van der Waals surface area contributed by atoms with E-state index in [1.165, 1.54) is 0 Å². The Morgan fingerprint density at radius 3 is 2.33 bits per heavy atom. The first kappa shape index (κ1) is 20.0. The number of hydrogen-bond acceptors (Lipinski definition) is 3. The van der Waals surface area contributed by atoms with Gasteiger partial charge in [-0.25, -0.2) is 0 Å². The summed E-state index contributed by atoms with van der Waals surface area (Å²) in [6.07, 6.45) is 0.878. The molecule has 30 heavy (non-hydrogen) atoms. The standard InChI is InChI=1S/C26H28N2O2/c1-4-19(2)28-25(29)23-12-8-9-13-24(23)27-26(28,3)21-14-16-22(17-15-21)30-18-20-10-6-5-7-11-20/h5-17,19,27H,4,18H2,1-3H3. The van der Waals surface area contributed by atoms with Crippen LogP contribution in [0.2, 0.25) is 0 Å². The SMILES string of the molecule is CCC(C)N1C(=O)c2ccccc2NC1(C)c1ccc(OCc2ccccc2)cc1. The molecular formula is C26H28N2O2. The van der Waals surface area contributed by atoms with Gasteiger partial charge in [-0.1, -0.05) is 61.5 Å². The van der Waals surface area contributed by atoms with E-state index in [1.807, 2.05) is 71.6 Å². The Hall–Kier alpha value is -3.27. The normalized spacial score (nSPS) is 19.0. The van der Waals surface area contributed by atoms with E-state index in [1.54, 1.807) is 0 Å². The van der Waals surface area contributed by atoms with Crippen LogP contribution in [0.4, 0.5) is 5.69 Å². The molecule has 4 rings (SSSR count). The second kappa shape index (κ2) is 8.23. The van der Waals surface area contributed by atoms with Crippen molar-refractivity contribution in [2.45, 2.75) is 45.5 Å². The number of para-hydroxylation sites is 1. The van der Waals surface area contributed by atoms with Crippen molar-refractivity contribution < 1.29 is 9.53 Å². The highest BCUT2D eigenvalue weighted by atomic mass is 16.5. The van der Waals surface area contributed by atoms with Crippen molar-refractivity contribution in [3.8, 4) is 5.75 Å². The zero-order valence-electron chi connectivity index (χ0n) is 17.8. The molecule has 1 heterocycles. The van der Waals surface area contributed by atoms with Crippen LogP contribution in [0.5, 0.6) is 5.75 Å².